The smallest absolute Gasteiger partial charge is 0.545 e. The van der Waals surface area contributed by atoms with Crippen LogP contribution in [0.25, 0.3) is 12.2 Å². The van der Waals surface area contributed by atoms with Crippen LogP contribution in [0.2, 0.25) is 0 Å². The first-order chi connectivity index (χ1) is 16.6. The molecule has 0 atom stereocenters. The number of allylic oxidation sites excluding steroid dienone is 1. The van der Waals surface area contributed by atoms with Gasteiger partial charge in [-0.25, -0.2) is 4.79 Å². The molecule has 36 heavy (non-hydrogen) atoms. The first-order valence-corrected chi connectivity index (χ1v) is 11.5. The molecule has 1 aliphatic rings. The van der Waals surface area contributed by atoms with Crippen molar-refractivity contribution in [3.63, 3.8) is 0 Å². The molecule has 2 aromatic rings. The molecule has 184 valence electrons. The Morgan fingerprint density at radius 1 is 0.972 bits per heavy atom. The average molecular weight is 516 g/mol. The molecular weight excluding hydrogens is 485 g/mol. The number of carbonyl (C=O) groups excluding carboxylic acids is 3. The summed E-state index contributed by atoms with van der Waals surface area (Å²) < 4.78 is 5.44. The topological polar surface area (TPSA) is 103 Å². The summed E-state index contributed by atoms with van der Waals surface area (Å²) in [7, 11) is 0. The number of carboxylic acids is 1. The van der Waals surface area contributed by atoms with Crippen LogP contribution in [0.5, 0.6) is 0 Å². The van der Waals surface area contributed by atoms with Crippen LogP contribution in [0.4, 0.5) is 4.79 Å². The van der Waals surface area contributed by atoms with E-state index in [4.69, 9.17) is 4.74 Å². The Hall–Kier alpha value is -2.14. The fraction of sp³-hybridized carbons (Fsp3) is 0.333. The molecule has 0 N–H and O–H groups in total. The molecule has 1 aromatic carbocycles. The number of rotatable bonds is 7. The number of hydrogen-bond acceptors (Lipinski definition) is 7. The minimum atomic E-state index is -1.28. The predicted octanol–water partition coefficient (Wildman–Crippen LogP) is -0.202. The number of ketones is 1. The Morgan fingerprint density at radius 3 is 2.19 bits per heavy atom. The number of hydrogen-bond donors (Lipinski definition) is 0. The predicted molar refractivity (Wildman–Crippen MR) is 131 cm³/mol. The fourth-order valence-corrected chi connectivity index (χ4v) is 3.48. The van der Waals surface area contributed by atoms with Crippen LogP contribution in [0.1, 0.15) is 48.0 Å². The number of pyridine rings is 1. The molecule has 1 saturated heterocycles. The Bertz CT molecular complexity index is 1100. The fourth-order valence-electron chi connectivity index (χ4n) is 3.48. The Balaban J connectivity index is 0.00000456. The van der Waals surface area contributed by atoms with Gasteiger partial charge in [-0.05, 0) is 62.3 Å². The third-order valence-electron chi connectivity index (χ3n) is 5.30. The van der Waals surface area contributed by atoms with Crippen molar-refractivity contribution in [2.24, 2.45) is 0 Å². The van der Waals surface area contributed by atoms with Crippen molar-refractivity contribution in [3.05, 3.63) is 77.1 Å². The van der Waals surface area contributed by atoms with Crippen molar-refractivity contribution in [2.75, 3.05) is 26.2 Å². The molecule has 0 radical (unpaired) electrons. The standard InChI is InChI=1S/C27H31N3O5.K/c1-27(2,3)35-26(34)30-16-14-29(15-17-30)19-21-4-8-22(9-5-21)24(31)12-7-20-6-10-23(28-18-20)11-13-25(32)33;/h4-13,18H,14-17,19H2,1-3H3,(H,32,33);/q;+1/p-1/b12-7+,13-11+;. The maximum Gasteiger partial charge on any atom is 1.00 e. The van der Waals surface area contributed by atoms with E-state index in [-0.39, 0.29) is 63.3 Å². The van der Waals surface area contributed by atoms with Gasteiger partial charge >= 0.3 is 57.5 Å². The van der Waals surface area contributed by atoms with E-state index in [2.05, 4.69) is 9.88 Å². The molecule has 8 nitrogen and oxygen atoms in total. The van der Waals surface area contributed by atoms with Gasteiger partial charge in [-0.2, -0.15) is 0 Å². The van der Waals surface area contributed by atoms with Crippen molar-refractivity contribution >= 4 is 30.0 Å². The maximum absolute atomic E-state index is 12.5. The molecule has 1 fully saturated rings. The number of benzene rings is 1. The third-order valence-corrected chi connectivity index (χ3v) is 5.30. The second-order valence-corrected chi connectivity index (χ2v) is 9.31. The molecule has 1 aliphatic heterocycles. The van der Waals surface area contributed by atoms with E-state index < -0.39 is 11.6 Å². The van der Waals surface area contributed by atoms with Gasteiger partial charge < -0.3 is 19.5 Å². The number of nitrogens with zero attached hydrogens (tertiary/aromatic N) is 3. The van der Waals surface area contributed by atoms with Crippen LogP contribution >= 0.6 is 0 Å². The third kappa shape index (κ3) is 10.1. The first-order valence-electron chi connectivity index (χ1n) is 11.5. The number of carbonyl (C=O) groups is 3. The van der Waals surface area contributed by atoms with Crippen LogP contribution in [-0.4, -0.2) is 64.4 Å². The van der Waals surface area contributed by atoms with Crippen molar-refractivity contribution in [3.8, 4) is 0 Å². The molecule has 9 heteroatoms. The summed E-state index contributed by atoms with van der Waals surface area (Å²) in [4.78, 5) is 43.3. The number of aromatic nitrogens is 1. The minimum Gasteiger partial charge on any atom is -0.545 e. The van der Waals surface area contributed by atoms with Gasteiger partial charge in [0, 0.05) is 44.5 Å². The molecule has 0 spiro atoms. The summed E-state index contributed by atoms with van der Waals surface area (Å²) in [5, 5.41) is 10.5. The number of aliphatic carboxylic acids is 1. The largest absolute Gasteiger partial charge is 1.00 e. The molecule has 1 aromatic heterocycles. The maximum atomic E-state index is 12.5. The SMILES string of the molecule is CC(C)(C)OC(=O)N1CCN(Cc2ccc(C(=O)/C=C/c3ccc(/C=C/C(=O)[O-])nc3)cc2)CC1.[K+]. The van der Waals surface area contributed by atoms with Crippen LogP contribution in [0, 0.1) is 0 Å². The quantitative estimate of drug-likeness (QED) is 0.286. The summed E-state index contributed by atoms with van der Waals surface area (Å²) in [6.45, 7) is 9.11. The number of carboxylic acid groups (broad SMARTS) is 1. The molecule has 2 heterocycles. The van der Waals surface area contributed by atoms with Gasteiger partial charge in [0.2, 0.25) is 0 Å². The van der Waals surface area contributed by atoms with E-state index in [1.165, 1.54) is 12.2 Å². The Labute approximate surface area is 254 Å². The first kappa shape index (κ1) is 30.1. The zero-order valence-corrected chi connectivity index (χ0v) is 24.4. The van der Waals surface area contributed by atoms with E-state index in [9.17, 15) is 19.5 Å². The van der Waals surface area contributed by atoms with Crippen LogP contribution < -0.4 is 56.5 Å². The van der Waals surface area contributed by atoms with E-state index in [0.717, 1.165) is 36.8 Å². The zero-order valence-electron chi connectivity index (χ0n) is 21.3. The van der Waals surface area contributed by atoms with Gasteiger partial charge in [0.15, 0.2) is 5.78 Å². The van der Waals surface area contributed by atoms with Gasteiger partial charge in [0.1, 0.15) is 5.60 Å². The average Bonchev–Trinajstić information content (AvgIpc) is 2.81. The van der Waals surface area contributed by atoms with Gasteiger partial charge in [-0.1, -0.05) is 30.3 Å². The number of piperazine rings is 1. The van der Waals surface area contributed by atoms with E-state index in [0.29, 0.717) is 24.3 Å². The van der Waals surface area contributed by atoms with Gasteiger partial charge in [0.25, 0.3) is 0 Å². The molecule has 0 aliphatic carbocycles. The Kier molecular flexibility index (Phi) is 11.7. The van der Waals surface area contributed by atoms with Crippen molar-refractivity contribution < 1.29 is 75.6 Å². The van der Waals surface area contributed by atoms with Gasteiger partial charge in [-0.15, -0.1) is 0 Å². The summed E-state index contributed by atoms with van der Waals surface area (Å²) in [5.41, 5.74) is 2.40. The summed E-state index contributed by atoms with van der Waals surface area (Å²) in [5.74, 6) is -1.41. The normalized spacial score (nSPS) is 14.6. The van der Waals surface area contributed by atoms with E-state index in [1.807, 2.05) is 45.0 Å². The number of amides is 1. The molecule has 0 unspecified atom stereocenters. The monoisotopic (exact) mass is 515 g/mol. The van der Waals surface area contributed by atoms with Crippen LogP contribution in [0.15, 0.2) is 54.7 Å². The van der Waals surface area contributed by atoms with Crippen molar-refractivity contribution in [1.82, 2.24) is 14.8 Å². The molecule has 0 saturated carbocycles. The molecular formula is C27H30KN3O5. The Morgan fingerprint density at radius 2 is 1.64 bits per heavy atom. The molecule has 0 bridgehead atoms. The van der Waals surface area contributed by atoms with E-state index >= 15 is 0 Å². The second-order valence-electron chi connectivity index (χ2n) is 9.31. The van der Waals surface area contributed by atoms with Crippen LogP contribution in [0.3, 0.4) is 0 Å². The van der Waals surface area contributed by atoms with Gasteiger partial charge in [0.05, 0.1) is 11.7 Å². The van der Waals surface area contributed by atoms with Gasteiger partial charge in [-0.3, -0.25) is 14.7 Å². The van der Waals surface area contributed by atoms with E-state index in [1.54, 1.807) is 29.3 Å². The summed E-state index contributed by atoms with van der Waals surface area (Å²) in [6, 6.07) is 10.9. The summed E-state index contributed by atoms with van der Waals surface area (Å²) >= 11 is 0. The zero-order chi connectivity index (χ0) is 25.4. The minimum absolute atomic E-state index is 0. The molecule has 3 rings (SSSR count). The van der Waals surface area contributed by atoms with Crippen molar-refractivity contribution in [1.29, 1.82) is 0 Å². The van der Waals surface area contributed by atoms with Crippen LogP contribution in [-0.2, 0) is 16.1 Å². The second kappa shape index (κ2) is 14.0. The van der Waals surface area contributed by atoms with Crippen molar-refractivity contribution in [2.45, 2.75) is 32.9 Å². The summed E-state index contributed by atoms with van der Waals surface area (Å²) in [6.07, 6.45) is 6.70. The molecule has 1 amide bonds. The number of ether oxygens (including phenoxy) is 1.